The average molecular weight is 351 g/mol. The summed E-state index contributed by atoms with van der Waals surface area (Å²) in [5.41, 5.74) is 1.26. The van der Waals surface area contributed by atoms with Gasteiger partial charge in [0, 0.05) is 24.7 Å². The fourth-order valence-electron chi connectivity index (χ4n) is 3.30. The predicted octanol–water partition coefficient (Wildman–Crippen LogP) is 3.67. The molecule has 134 valence electrons. The number of rotatable bonds is 4. The lowest BCUT2D eigenvalue weighted by molar-refractivity contribution is 0.0677. The van der Waals surface area contributed by atoms with Crippen LogP contribution in [0.3, 0.4) is 0 Å². The molecule has 0 N–H and O–H groups in total. The fraction of sp³-hybridized carbons (Fsp3) is 0.350. The summed E-state index contributed by atoms with van der Waals surface area (Å²) in [6.45, 7) is 3.91. The van der Waals surface area contributed by atoms with Crippen molar-refractivity contribution in [3.05, 3.63) is 54.4 Å². The van der Waals surface area contributed by atoms with E-state index >= 15 is 0 Å². The molecular weight excluding hydrogens is 330 g/mol. The maximum absolute atomic E-state index is 12.5. The van der Waals surface area contributed by atoms with E-state index in [0.717, 1.165) is 30.4 Å². The topological polar surface area (TPSA) is 68.5 Å². The Morgan fingerprint density at radius 2 is 2.31 bits per heavy atom. The summed E-state index contributed by atoms with van der Waals surface area (Å²) >= 11 is 0. The van der Waals surface area contributed by atoms with Crippen molar-refractivity contribution < 1.29 is 13.9 Å². The van der Waals surface area contributed by atoms with E-state index in [4.69, 9.17) is 9.15 Å². The molecule has 6 heteroatoms. The number of likely N-dealkylation sites (tertiary alicyclic amines) is 1. The Bertz CT molecular complexity index is 921. The quantitative estimate of drug-likeness (QED) is 0.717. The number of oxazole rings is 1. The molecule has 3 heterocycles. The van der Waals surface area contributed by atoms with Crippen LogP contribution in [0.5, 0.6) is 5.75 Å². The number of amides is 1. The molecule has 1 aliphatic rings. The summed E-state index contributed by atoms with van der Waals surface area (Å²) in [6, 6.07) is 9.56. The number of nitrogens with zero attached hydrogens (tertiary/aromatic N) is 3. The Morgan fingerprint density at radius 3 is 3.19 bits per heavy atom. The molecule has 0 saturated carbocycles. The maximum atomic E-state index is 12.5. The highest BCUT2D eigenvalue weighted by Gasteiger charge is 2.24. The number of hydrogen-bond acceptors (Lipinski definition) is 5. The summed E-state index contributed by atoms with van der Waals surface area (Å²) in [4.78, 5) is 23.0. The Balaban J connectivity index is 1.40. The molecule has 4 rings (SSSR count). The number of pyridine rings is 1. The molecule has 26 heavy (non-hydrogen) atoms. The van der Waals surface area contributed by atoms with Crippen LogP contribution in [0.1, 0.15) is 36.1 Å². The normalized spacial score (nSPS) is 17.4. The highest BCUT2D eigenvalue weighted by molar-refractivity contribution is 5.92. The van der Waals surface area contributed by atoms with Gasteiger partial charge in [-0.25, -0.2) is 4.98 Å². The van der Waals surface area contributed by atoms with E-state index in [1.54, 1.807) is 6.20 Å². The number of carbonyl (C=O) groups excluding carboxylic acids is 1. The van der Waals surface area contributed by atoms with Gasteiger partial charge in [0.1, 0.15) is 12.0 Å². The molecule has 0 unspecified atom stereocenters. The number of hydrogen-bond donors (Lipinski definition) is 0. The lowest BCUT2D eigenvalue weighted by Crippen LogP contribution is -2.39. The summed E-state index contributed by atoms with van der Waals surface area (Å²) in [6.07, 6.45) is 5.39. The lowest BCUT2D eigenvalue weighted by atomic mass is 10.0. The van der Waals surface area contributed by atoms with Crippen LogP contribution in [0.4, 0.5) is 0 Å². The van der Waals surface area contributed by atoms with E-state index in [0.29, 0.717) is 23.3 Å². The van der Waals surface area contributed by atoms with Crippen LogP contribution in [0, 0.1) is 5.92 Å². The van der Waals surface area contributed by atoms with Crippen molar-refractivity contribution in [3.8, 4) is 5.75 Å². The number of piperidine rings is 1. The number of carbonyl (C=O) groups is 1. The lowest BCUT2D eigenvalue weighted by Gasteiger charge is -2.30. The van der Waals surface area contributed by atoms with Gasteiger partial charge < -0.3 is 14.1 Å². The molecule has 1 amide bonds. The van der Waals surface area contributed by atoms with E-state index in [1.165, 1.54) is 12.7 Å². The summed E-state index contributed by atoms with van der Waals surface area (Å²) in [5, 5.41) is 1.01. The monoisotopic (exact) mass is 351 g/mol. The first-order chi connectivity index (χ1) is 12.7. The first-order valence-electron chi connectivity index (χ1n) is 8.90. The number of aromatic nitrogens is 2. The van der Waals surface area contributed by atoms with Crippen LogP contribution in [-0.4, -0.2) is 33.9 Å². The molecule has 0 spiro atoms. The van der Waals surface area contributed by atoms with Crippen LogP contribution >= 0.6 is 0 Å². The standard InChI is InChI=1S/C20H21N3O3/c1-14-4-3-9-23(11-14)20(24)18-12-26-19(22-18)13-25-16-6-7-17-15(10-16)5-2-8-21-17/h2,5-8,10,12,14H,3-4,9,11,13H2,1H3/t14-/m1/s1. The minimum absolute atomic E-state index is 0.0664. The van der Waals surface area contributed by atoms with Crippen molar-refractivity contribution >= 4 is 16.8 Å². The van der Waals surface area contributed by atoms with Gasteiger partial charge in [0.15, 0.2) is 12.3 Å². The Hall–Kier alpha value is -2.89. The molecule has 0 aliphatic carbocycles. The van der Waals surface area contributed by atoms with Gasteiger partial charge in [0.25, 0.3) is 5.91 Å². The molecular formula is C20H21N3O3. The average Bonchev–Trinajstić information content (AvgIpc) is 3.14. The van der Waals surface area contributed by atoms with Crippen molar-refractivity contribution in [1.29, 1.82) is 0 Å². The van der Waals surface area contributed by atoms with Crippen molar-refractivity contribution in [1.82, 2.24) is 14.9 Å². The Morgan fingerprint density at radius 1 is 1.38 bits per heavy atom. The van der Waals surface area contributed by atoms with E-state index in [9.17, 15) is 4.79 Å². The van der Waals surface area contributed by atoms with Crippen LogP contribution in [-0.2, 0) is 6.61 Å². The highest BCUT2D eigenvalue weighted by atomic mass is 16.5. The molecule has 2 aromatic heterocycles. The highest BCUT2D eigenvalue weighted by Crippen LogP contribution is 2.21. The van der Waals surface area contributed by atoms with Gasteiger partial charge >= 0.3 is 0 Å². The molecule has 1 saturated heterocycles. The molecule has 1 atom stereocenters. The summed E-state index contributed by atoms with van der Waals surface area (Å²) < 4.78 is 11.2. The zero-order chi connectivity index (χ0) is 17.9. The number of ether oxygens (including phenoxy) is 1. The first kappa shape index (κ1) is 16.6. The molecule has 1 aliphatic heterocycles. The summed E-state index contributed by atoms with van der Waals surface area (Å²) in [5.74, 6) is 1.57. The largest absolute Gasteiger partial charge is 0.484 e. The predicted molar refractivity (Wildman–Crippen MR) is 96.9 cm³/mol. The van der Waals surface area contributed by atoms with Crippen molar-refractivity contribution in [3.63, 3.8) is 0 Å². The van der Waals surface area contributed by atoms with Gasteiger partial charge in [-0.2, -0.15) is 0 Å². The van der Waals surface area contributed by atoms with Gasteiger partial charge in [-0.3, -0.25) is 9.78 Å². The van der Waals surface area contributed by atoms with Gasteiger partial charge in [-0.15, -0.1) is 0 Å². The van der Waals surface area contributed by atoms with E-state index in [1.807, 2.05) is 35.2 Å². The van der Waals surface area contributed by atoms with Crippen LogP contribution in [0.2, 0.25) is 0 Å². The van der Waals surface area contributed by atoms with Crippen LogP contribution in [0.25, 0.3) is 10.9 Å². The van der Waals surface area contributed by atoms with Crippen molar-refractivity contribution in [2.75, 3.05) is 13.1 Å². The summed E-state index contributed by atoms with van der Waals surface area (Å²) in [7, 11) is 0. The fourth-order valence-corrected chi connectivity index (χ4v) is 3.30. The smallest absolute Gasteiger partial charge is 0.275 e. The Kier molecular flexibility index (Phi) is 4.56. The van der Waals surface area contributed by atoms with Gasteiger partial charge in [0.2, 0.25) is 5.89 Å². The third-order valence-corrected chi connectivity index (χ3v) is 4.65. The molecule has 0 bridgehead atoms. The zero-order valence-corrected chi connectivity index (χ0v) is 14.7. The minimum Gasteiger partial charge on any atom is -0.484 e. The van der Waals surface area contributed by atoms with Gasteiger partial charge in [0.05, 0.1) is 5.52 Å². The minimum atomic E-state index is -0.0664. The molecule has 1 aromatic carbocycles. The third-order valence-electron chi connectivity index (χ3n) is 4.65. The first-order valence-corrected chi connectivity index (χ1v) is 8.90. The second-order valence-electron chi connectivity index (χ2n) is 6.77. The zero-order valence-electron chi connectivity index (χ0n) is 14.7. The number of benzene rings is 1. The molecule has 1 fully saturated rings. The van der Waals surface area contributed by atoms with E-state index < -0.39 is 0 Å². The van der Waals surface area contributed by atoms with Gasteiger partial charge in [-0.05, 0) is 43.0 Å². The van der Waals surface area contributed by atoms with Gasteiger partial charge in [-0.1, -0.05) is 13.0 Å². The molecule has 0 radical (unpaired) electrons. The third kappa shape index (κ3) is 3.54. The second-order valence-corrected chi connectivity index (χ2v) is 6.77. The van der Waals surface area contributed by atoms with E-state index in [-0.39, 0.29) is 12.5 Å². The Labute approximate surface area is 151 Å². The molecule has 3 aromatic rings. The van der Waals surface area contributed by atoms with Crippen LogP contribution < -0.4 is 4.74 Å². The maximum Gasteiger partial charge on any atom is 0.275 e. The number of fused-ring (bicyclic) bond motifs is 1. The van der Waals surface area contributed by atoms with E-state index in [2.05, 4.69) is 16.9 Å². The van der Waals surface area contributed by atoms with Crippen LogP contribution in [0.15, 0.2) is 47.2 Å². The SMILES string of the molecule is C[C@@H]1CCCN(C(=O)c2coc(COc3ccc4ncccc4c3)n2)C1. The van der Waals surface area contributed by atoms with Crippen molar-refractivity contribution in [2.45, 2.75) is 26.4 Å². The second kappa shape index (κ2) is 7.15. The molecule has 6 nitrogen and oxygen atoms in total. The van der Waals surface area contributed by atoms with Crippen molar-refractivity contribution in [2.24, 2.45) is 5.92 Å².